The van der Waals surface area contributed by atoms with E-state index in [1.807, 2.05) is 0 Å². The van der Waals surface area contributed by atoms with Crippen LogP contribution in [0.2, 0.25) is 0 Å². The summed E-state index contributed by atoms with van der Waals surface area (Å²) in [5, 5.41) is 2.97. The first kappa shape index (κ1) is 20.3. The second-order valence-electron chi connectivity index (χ2n) is 5.43. The molecular formula is C16H34N2O3. The van der Waals surface area contributed by atoms with Gasteiger partial charge in [0, 0.05) is 26.7 Å². The van der Waals surface area contributed by atoms with Crippen LogP contribution in [-0.2, 0) is 14.3 Å². The van der Waals surface area contributed by atoms with Crippen LogP contribution in [0.4, 0.5) is 0 Å². The number of nitrogens with one attached hydrogen (secondary N) is 1. The van der Waals surface area contributed by atoms with E-state index in [4.69, 9.17) is 15.2 Å². The van der Waals surface area contributed by atoms with Gasteiger partial charge in [-0.25, -0.2) is 0 Å². The number of nitrogens with two attached hydrogens (primary N) is 1. The summed E-state index contributed by atoms with van der Waals surface area (Å²) in [5.41, 5.74) is 5.60. The lowest BCUT2D eigenvalue weighted by Crippen LogP contribution is -2.25. The van der Waals surface area contributed by atoms with Crippen molar-refractivity contribution in [3.05, 3.63) is 0 Å². The highest BCUT2D eigenvalue weighted by atomic mass is 16.5. The Morgan fingerprint density at radius 1 is 1.14 bits per heavy atom. The van der Waals surface area contributed by atoms with Gasteiger partial charge in [-0.2, -0.15) is 0 Å². The first-order valence-electron chi connectivity index (χ1n) is 8.28. The van der Waals surface area contributed by atoms with Crippen LogP contribution in [-0.4, -0.2) is 45.9 Å². The molecule has 0 saturated heterocycles. The van der Waals surface area contributed by atoms with Crippen molar-refractivity contribution >= 4 is 5.91 Å². The molecule has 0 aromatic heterocycles. The minimum Gasteiger partial charge on any atom is -0.382 e. The number of amides is 1. The number of carbonyl (C=O) groups is 1. The van der Waals surface area contributed by atoms with E-state index in [2.05, 4.69) is 12.2 Å². The first-order chi connectivity index (χ1) is 10.2. The smallest absolute Gasteiger partial charge is 0.220 e. The van der Waals surface area contributed by atoms with Crippen molar-refractivity contribution in [2.45, 2.75) is 51.9 Å². The van der Waals surface area contributed by atoms with E-state index in [9.17, 15) is 4.79 Å². The monoisotopic (exact) mass is 302 g/mol. The van der Waals surface area contributed by atoms with Gasteiger partial charge in [0.15, 0.2) is 0 Å². The summed E-state index contributed by atoms with van der Waals surface area (Å²) in [4.78, 5) is 11.7. The number of hydrogen-bond donors (Lipinski definition) is 2. The minimum atomic E-state index is 0.161. The fraction of sp³-hybridized carbons (Fsp3) is 0.938. The van der Waals surface area contributed by atoms with Crippen molar-refractivity contribution in [3.63, 3.8) is 0 Å². The molecule has 1 amide bonds. The molecule has 0 rings (SSSR count). The van der Waals surface area contributed by atoms with Crippen molar-refractivity contribution < 1.29 is 14.3 Å². The molecule has 126 valence electrons. The third kappa shape index (κ3) is 14.1. The second-order valence-corrected chi connectivity index (χ2v) is 5.43. The third-order valence-corrected chi connectivity index (χ3v) is 3.52. The van der Waals surface area contributed by atoms with Crippen LogP contribution < -0.4 is 11.1 Å². The maximum absolute atomic E-state index is 11.7. The molecule has 0 bridgehead atoms. The van der Waals surface area contributed by atoms with E-state index in [0.29, 0.717) is 25.6 Å². The number of methoxy groups -OCH3 is 1. The molecular weight excluding hydrogens is 268 g/mol. The maximum Gasteiger partial charge on any atom is 0.220 e. The van der Waals surface area contributed by atoms with Gasteiger partial charge in [-0.3, -0.25) is 4.79 Å². The zero-order valence-electron chi connectivity index (χ0n) is 13.9. The predicted molar refractivity (Wildman–Crippen MR) is 86.2 cm³/mol. The molecule has 0 saturated carbocycles. The molecule has 0 radical (unpaired) electrons. The molecule has 0 aliphatic heterocycles. The molecule has 21 heavy (non-hydrogen) atoms. The quantitative estimate of drug-likeness (QED) is 0.454. The molecule has 0 spiro atoms. The summed E-state index contributed by atoms with van der Waals surface area (Å²) >= 11 is 0. The summed E-state index contributed by atoms with van der Waals surface area (Å²) in [6.07, 6.45) is 6.86. The van der Waals surface area contributed by atoms with E-state index in [-0.39, 0.29) is 5.91 Å². The van der Waals surface area contributed by atoms with Gasteiger partial charge in [0.1, 0.15) is 0 Å². The molecule has 5 nitrogen and oxygen atoms in total. The van der Waals surface area contributed by atoms with Gasteiger partial charge in [0.05, 0.1) is 13.2 Å². The molecule has 0 fully saturated rings. The first-order valence-corrected chi connectivity index (χ1v) is 8.28. The highest BCUT2D eigenvalue weighted by Crippen LogP contribution is 2.16. The Kier molecular flexibility index (Phi) is 15.2. The normalized spacial score (nSPS) is 12.3. The maximum atomic E-state index is 11.7. The Bertz CT molecular complexity index is 232. The molecule has 3 N–H and O–H groups in total. The van der Waals surface area contributed by atoms with Gasteiger partial charge in [0.25, 0.3) is 0 Å². The Hall–Kier alpha value is -0.650. The fourth-order valence-electron chi connectivity index (χ4n) is 2.30. The Balaban J connectivity index is 3.44. The number of ether oxygens (including phenoxy) is 2. The molecule has 0 aliphatic rings. The van der Waals surface area contributed by atoms with Crippen LogP contribution in [0.3, 0.4) is 0 Å². The molecule has 0 heterocycles. The van der Waals surface area contributed by atoms with E-state index in [0.717, 1.165) is 51.8 Å². The van der Waals surface area contributed by atoms with Gasteiger partial charge in [0.2, 0.25) is 5.91 Å². The molecule has 0 aliphatic carbocycles. The fourth-order valence-corrected chi connectivity index (χ4v) is 2.30. The number of unbranched alkanes of at least 4 members (excludes halogenated alkanes) is 1. The average molecular weight is 302 g/mol. The van der Waals surface area contributed by atoms with Crippen molar-refractivity contribution in [2.75, 3.05) is 40.0 Å². The number of hydrogen-bond acceptors (Lipinski definition) is 4. The largest absolute Gasteiger partial charge is 0.382 e. The van der Waals surface area contributed by atoms with Crippen molar-refractivity contribution in [1.82, 2.24) is 5.32 Å². The number of rotatable bonds is 15. The van der Waals surface area contributed by atoms with Crippen LogP contribution in [0.15, 0.2) is 0 Å². The summed E-state index contributed by atoms with van der Waals surface area (Å²) in [5.74, 6) is 0.758. The van der Waals surface area contributed by atoms with Crippen molar-refractivity contribution in [3.8, 4) is 0 Å². The number of carbonyl (C=O) groups excluding carboxylic acids is 1. The van der Waals surface area contributed by atoms with Crippen LogP contribution >= 0.6 is 0 Å². The van der Waals surface area contributed by atoms with E-state index < -0.39 is 0 Å². The van der Waals surface area contributed by atoms with E-state index >= 15 is 0 Å². The average Bonchev–Trinajstić information content (AvgIpc) is 2.48. The Morgan fingerprint density at radius 2 is 1.95 bits per heavy atom. The molecule has 1 unspecified atom stereocenters. The summed E-state index contributed by atoms with van der Waals surface area (Å²) < 4.78 is 10.3. The lowest BCUT2D eigenvalue weighted by Gasteiger charge is -2.14. The summed E-state index contributed by atoms with van der Waals surface area (Å²) in [6.45, 7) is 5.64. The Labute approximate surface area is 129 Å². The van der Waals surface area contributed by atoms with Crippen LogP contribution in [0.1, 0.15) is 51.9 Å². The van der Waals surface area contributed by atoms with Gasteiger partial charge >= 0.3 is 0 Å². The molecule has 1 atom stereocenters. The van der Waals surface area contributed by atoms with E-state index in [1.54, 1.807) is 7.11 Å². The van der Waals surface area contributed by atoms with E-state index in [1.165, 1.54) is 6.42 Å². The van der Waals surface area contributed by atoms with Crippen molar-refractivity contribution in [2.24, 2.45) is 11.7 Å². The van der Waals surface area contributed by atoms with Gasteiger partial charge in [-0.15, -0.1) is 0 Å². The van der Waals surface area contributed by atoms with Gasteiger partial charge < -0.3 is 20.5 Å². The van der Waals surface area contributed by atoms with Crippen LogP contribution in [0, 0.1) is 5.92 Å². The Morgan fingerprint density at radius 3 is 2.62 bits per heavy atom. The standard InChI is InChI=1S/C16H34N2O3/c1-3-6-15(9-10-17)7-8-16(19)18-11-4-5-12-21-14-13-20-2/h15H,3-14,17H2,1-2H3,(H,18,19). The highest BCUT2D eigenvalue weighted by Gasteiger charge is 2.09. The van der Waals surface area contributed by atoms with Gasteiger partial charge in [-0.05, 0) is 38.1 Å². The summed E-state index contributed by atoms with van der Waals surface area (Å²) in [6, 6.07) is 0. The zero-order valence-corrected chi connectivity index (χ0v) is 13.9. The summed E-state index contributed by atoms with van der Waals surface area (Å²) in [7, 11) is 1.66. The topological polar surface area (TPSA) is 73.6 Å². The molecule has 0 aromatic carbocycles. The van der Waals surface area contributed by atoms with Crippen LogP contribution in [0.5, 0.6) is 0 Å². The minimum absolute atomic E-state index is 0.161. The van der Waals surface area contributed by atoms with Gasteiger partial charge in [-0.1, -0.05) is 19.8 Å². The molecule has 5 heteroatoms. The molecule has 0 aromatic rings. The zero-order chi connectivity index (χ0) is 15.8. The lowest BCUT2D eigenvalue weighted by molar-refractivity contribution is -0.121. The lowest BCUT2D eigenvalue weighted by atomic mass is 9.94. The second kappa shape index (κ2) is 15.7. The third-order valence-electron chi connectivity index (χ3n) is 3.52. The predicted octanol–water partition coefficient (Wildman–Crippen LogP) is 2.09. The van der Waals surface area contributed by atoms with Crippen molar-refractivity contribution in [1.29, 1.82) is 0 Å². The SMILES string of the molecule is CCCC(CCN)CCC(=O)NCCCCOCCOC. The van der Waals surface area contributed by atoms with Crippen LogP contribution in [0.25, 0.3) is 0 Å². The highest BCUT2D eigenvalue weighted by molar-refractivity contribution is 5.75.